The second kappa shape index (κ2) is 8.99. The predicted molar refractivity (Wildman–Crippen MR) is 81.1 cm³/mol. The lowest BCUT2D eigenvalue weighted by atomic mass is 10.2. The van der Waals surface area contributed by atoms with Crippen molar-refractivity contribution < 1.29 is 9.90 Å². The first kappa shape index (κ1) is 16.1. The molecule has 0 aliphatic rings. The van der Waals surface area contributed by atoms with Gasteiger partial charge in [0.25, 0.3) is 0 Å². The number of rotatable bonds is 8. The summed E-state index contributed by atoms with van der Waals surface area (Å²) in [7, 11) is 0. The van der Waals surface area contributed by atoms with Gasteiger partial charge in [-0.2, -0.15) is 0 Å². The summed E-state index contributed by atoms with van der Waals surface area (Å²) in [5.41, 5.74) is 1.11. The lowest BCUT2D eigenvalue weighted by molar-refractivity contribution is -0.120. The van der Waals surface area contributed by atoms with E-state index in [9.17, 15) is 4.79 Å². The zero-order valence-electron chi connectivity index (χ0n) is 11.6. The van der Waals surface area contributed by atoms with Crippen molar-refractivity contribution in [3.63, 3.8) is 0 Å². The van der Waals surface area contributed by atoms with Crippen molar-refractivity contribution >= 4 is 17.7 Å². The minimum atomic E-state index is -0.0299. The number of aliphatic hydroxyl groups excluding tert-OH is 1. The van der Waals surface area contributed by atoms with Crippen molar-refractivity contribution in [2.45, 2.75) is 32.1 Å². The summed E-state index contributed by atoms with van der Waals surface area (Å²) in [6.45, 7) is 4.76. The molecular weight excluding hydrogens is 258 g/mol. The quantitative estimate of drug-likeness (QED) is 0.769. The Kier molecular flexibility index (Phi) is 7.60. The van der Waals surface area contributed by atoms with E-state index in [1.807, 2.05) is 44.2 Å². The summed E-state index contributed by atoms with van der Waals surface area (Å²) >= 11 is 1.63. The van der Waals surface area contributed by atoms with Crippen molar-refractivity contribution in [2.24, 2.45) is 5.92 Å². The molecule has 1 aromatic carbocycles. The summed E-state index contributed by atoms with van der Waals surface area (Å²) in [4.78, 5) is 12.1. The van der Waals surface area contributed by atoms with Gasteiger partial charge in [-0.15, -0.1) is 11.8 Å². The number of carbonyl (C=O) groups excluding carboxylic acids is 1. The first-order valence-electron chi connectivity index (χ1n) is 6.71. The van der Waals surface area contributed by atoms with Gasteiger partial charge >= 0.3 is 0 Å². The number of amides is 1. The summed E-state index contributed by atoms with van der Waals surface area (Å²) in [5.74, 6) is 1.13. The van der Waals surface area contributed by atoms with Gasteiger partial charge in [0.2, 0.25) is 5.91 Å². The molecule has 0 aliphatic heterocycles. The molecule has 19 heavy (non-hydrogen) atoms. The van der Waals surface area contributed by atoms with Gasteiger partial charge < -0.3 is 10.4 Å². The first-order chi connectivity index (χ1) is 9.17. The summed E-state index contributed by atoms with van der Waals surface area (Å²) in [6, 6.07) is 9.91. The largest absolute Gasteiger partial charge is 0.396 e. The maximum absolute atomic E-state index is 12.1. The van der Waals surface area contributed by atoms with E-state index < -0.39 is 0 Å². The molecule has 1 aromatic rings. The second-order valence-electron chi connectivity index (χ2n) is 4.72. The molecule has 0 saturated carbocycles. The maximum atomic E-state index is 12.1. The Hall–Kier alpha value is -1.00. The molecule has 2 atom stereocenters. The van der Waals surface area contributed by atoms with Crippen LogP contribution in [0.4, 0.5) is 0 Å². The van der Waals surface area contributed by atoms with E-state index in [0.717, 1.165) is 17.7 Å². The zero-order chi connectivity index (χ0) is 14.1. The van der Waals surface area contributed by atoms with Crippen LogP contribution in [0, 0.1) is 5.92 Å². The number of aliphatic hydroxyl groups is 1. The number of hydrogen-bond acceptors (Lipinski definition) is 3. The van der Waals surface area contributed by atoms with Gasteiger partial charge in [0.05, 0.1) is 5.25 Å². The highest BCUT2D eigenvalue weighted by atomic mass is 32.2. The van der Waals surface area contributed by atoms with Crippen LogP contribution in [-0.4, -0.2) is 28.6 Å². The third-order valence-corrected chi connectivity index (χ3v) is 4.58. The maximum Gasteiger partial charge on any atom is 0.233 e. The lowest BCUT2D eigenvalue weighted by Crippen LogP contribution is -2.32. The number of hydrogen-bond donors (Lipinski definition) is 2. The first-order valence-corrected chi connectivity index (χ1v) is 7.76. The van der Waals surface area contributed by atoms with Gasteiger partial charge in [-0.25, -0.2) is 0 Å². The van der Waals surface area contributed by atoms with Gasteiger partial charge in [-0.05, 0) is 23.7 Å². The van der Waals surface area contributed by atoms with Crippen LogP contribution < -0.4 is 5.32 Å². The summed E-state index contributed by atoms with van der Waals surface area (Å²) < 4.78 is 0. The Bertz CT molecular complexity index is 370. The topological polar surface area (TPSA) is 49.3 Å². The predicted octanol–water partition coefficient (Wildman–Crippen LogP) is 2.44. The van der Waals surface area contributed by atoms with Crippen LogP contribution in [0.3, 0.4) is 0 Å². The van der Waals surface area contributed by atoms with Crippen molar-refractivity contribution in [3.8, 4) is 0 Å². The average molecular weight is 281 g/mol. The number of thioether (sulfide) groups is 1. The van der Waals surface area contributed by atoms with E-state index in [1.165, 1.54) is 0 Å². The summed E-state index contributed by atoms with van der Waals surface area (Å²) in [5, 5.41) is 11.9. The van der Waals surface area contributed by atoms with Gasteiger partial charge in [0.1, 0.15) is 0 Å². The highest BCUT2D eigenvalue weighted by Crippen LogP contribution is 2.18. The van der Waals surface area contributed by atoms with Gasteiger partial charge in [-0.1, -0.05) is 44.2 Å². The molecule has 0 fully saturated rings. The zero-order valence-corrected chi connectivity index (χ0v) is 12.5. The van der Waals surface area contributed by atoms with Gasteiger partial charge in [0.15, 0.2) is 0 Å². The third kappa shape index (κ3) is 6.12. The summed E-state index contributed by atoms with van der Waals surface area (Å²) in [6.07, 6.45) is 0.809. The molecule has 0 spiro atoms. The molecule has 0 heterocycles. The van der Waals surface area contributed by atoms with E-state index in [0.29, 0.717) is 6.54 Å². The Morgan fingerprint density at radius 1 is 1.37 bits per heavy atom. The molecule has 0 aromatic heterocycles. The standard InChI is InChI=1S/C15H23NO2S/c1-3-14(19-11-12(2)10-17)15(18)16-9-13-7-5-4-6-8-13/h4-8,12,14,17H,3,9-11H2,1-2H3,(H,16,18). The highest BCUT2D eigenvalue weighted by molar-refractivity contribution is 8.00. The molecular formula is C15H23NO2S. The van der Waals surface area contributed by atoms with Crippen molar-refractivity contribution in [2.75, 3.05) is 12.4 Å². The fourth-order valence-electron chi connectivity index (χ4n) is 1.61. The molecule has 2 unspecified atom stereocenters. The van der Waals surface area contributed by atoms with Crippen molar-refractivity contribution in [3.05, 3.63) is 35.9 Å². The average Bonchev–Trinajstić information content (AvgIpc) is 2.46. The van der Waals surface area contributed by atoms with E-state index in [4.69, 9.17) is 5.11 Å². The van der Waals surface area contributed by atoms with E-state index in [2.05, 4.69) is 5.32 Å². The molecule has 4 heteroatoms. The molecule has 106 valence electrons. The van der Waals surface area contributed by atoms with Gasteiger partial charge in [0, 0.05) is 13.2 Å². The molecule has 1 rings (SSSR count). The number of carbonyl (C=O) groups is 1. The van der Waals surface area contributed by atoms with E-state index in [1.54, 1.807) is 11.8 Å². The number of nitrogens with one attached hydrogen (secondary N) is 1. The van der Waals surface area contributed by atoms with Crippen LogP contribution in [0.25, 0.3) is 0 Å². The fourth-order valence-corrected chi connectivity index (χ4v) is 2.75. The molecule has 2 N–H and O–H groups in total. The minimum Gasteiger partial charge on any atom is -0.396 e. The van der Waals surface area contributed by atoms with Crippen LogP contribution >= 0.6 is 11.8 Å². The molecule has 0 radical (unpaired) electrons. The monoisotopic (exact) mass is 281 g/mol. The SMILES string of the molecule is CCC(SCC(C)CO)C(=O)NCc1ccccc1. The van der Waals surface area contributed by atoms with Crippen LogP contribution in [0.2, 0.25) is 0 Å². The van der Waals surface area contributed by atoms with Crippen LogP contribution in [-0.2, 0) is 11.3 Å². The Balaban J connectivity index is 2.37. The normalized spacial score (nSPS) is 13.8. The van der Waals surface area contributed by atoms with E-state index >= 15 is 0 Å². The second-order valence-corrected chi connectivity index (χ2v) is 5.96. The molecule has 3 nitrogen and oxygen atoms in total. The van der Waals surface area contributed by atoms with E-state index in [-0.39, 0.29) is 23.7 Å². The minimum absolute atomic E-state index is 0.0299. The van der Waals surface area contributed by atoms with Crippen LogP contribution in [0.1, 0.15) is 25.8 Å². The molecule has 1 amide bonds. The Labute approximate surface area is 119 Å². The van der Waals surface area contributed by atoms with Gasteiger partial charge in [-0.3, -0.25) is 4.79 Å². The van der Waals surface area contributed by atoms with Crippen molar-refractivity contribution in [1.29, 1.82) is 0 Å². The molecule has 0 aliphatic carbocycles. The number of benzene rings is 1. The van der Waals surface area contributed by atoms with Crippen LogP contribution in [0.15, 0.2) is 30.3 Å². The highest BCUT2D eigenvalue weighted by Gasteiger charge is 2.17. The molecule has 0 saturated heterocycles. The third-order valence-electron chi connectivity index (χ3n) is 2.87. The Morgan fingerprint density at radius 2 is 2.05 bits per heavy atom. The van der Waals surface area contributed by atoms with Crippen molar-refractivity contribution in [1.82, 2.24) is 5.32 Å². The smallest absolute Gasteiger partial charge is 0.233 e. The molecule has 0 bridgehead atoms. The van der Waals surface area contributed by atoms with Crippen LogP contribution in [0.5, 0.6) is 0 Å². The lowest BCUT2D eigenvalue weighted by Gasteiger charge is -2.16. The fraction of sp³-hybridized carbons (Fsp3) is 0.533. The Morgan fingerprint density at radius 3 is 2.63 bits per heavy atom.